The Morgan fingerprint density at radius 2 is 1.71 bits per heavy atom. The second-order valence-corrected chi connectivity index (χ2v) is 6.54. The van der Waals surface area contributed by atoms with Gasteiger partial charge in [-0.2, -0.15) is 4.98 Å². The molecule has 1 aromatic carbocycles. The predicted molar refractivity (Wildman–Crippen MR) is 123 cm³/mol. The number of fused-ring (bicyclic) bond motifs is 1. The zero-order valence-corrected chi connectivity index (χ0v) is 18.1. The molecule has 0 unspecified atom stereocenters. The molecule has 31 heavy (non-hydrogen) atoms. The number of nitrogens with one attached hydrogen (secondary N) is 1. The minimum absolute atomic E-state index is 0. The summed E-state index contributed by atoms with van der Waals surface area (Å²) >= 11 is 0. The molecule has 0 aliphatic heterocycles. The van der Waals surface area contributed by atoms with Crippen molar-refractivity contribution in [2.75, 3.05) is 19.5 Å². The Morgan fingerprint density at radius 3 is 2.32 bits per heavy atom. The molecule has 0 spiro atoms. The van der Waals surface area contributed by atoms with Gasteiger partial charge in [0.2, 0.25) is 5.95 Å². The summed E-state index contributed by atoms with van der Waals surface area (Å²) in [4.78, 5) is 26.2. The van der Waals surface area contributed by atoms with Gasteiger partial charge in [-0.05, 0) is 42.8 Å². The van der Waals surface area contributed by atoms with Crippen LogP contribution in [0.15, 0.2) is 59.8 Å². The quantitative estimate of drug-likeness (QED) is 0.484. The zero-order valence-electron chi connectivity index (χ0n) is 17.3. The van der Waals surface area contributed by atoms with E-state index in [0.717, 1.165) is 11.1 Å². The number of methoxy groups -OCH3 is 2. The molecule has 3 heterocycles. The van der Waals surface area contributed by atoms with Crippen molar-refractivity contribution < 1.29 is 9.47 Å². The van der Waals surface area contributed by atoms with Crippen molar-refractivity contribution in [1.29, 1.82) is 0 Å². The molecule has 0 saturated heterocycles. The first-order valence-corrected chi connectivity index (χ1v) is 9.44. The van der Waals surface area contributed by atoms with Crippen molar-refractivity contribution in [2.24, 2.45) is 0 Å². The van der Waals surface area contributed by atoms with E-state index in [-0.39, 0.29) is 18.0 Å². The minimum atomic E-state index is -0.145. The normalized spacial score (nSPS) is 10.4. The number of rotatable bonds is 6. The summed E-state index contributed by atoms with van der Waals surface area (Å²) < 4.78 is 12.3. The molecule has 0 aliphatic carbocycles. The lowest BCUT2D eigenvalue weighted by molar-refractivity contribution is 0.394. The van der Waals surface area contributed by atoms with E-state index >= 15 is 0 Å². The Bertz CT molecular complexity index is 1240. The highest BCUT2D eigenvalue weighted by Gasteiger charge is 2.14. The van der Waals surface area contributed by atoms with Crippen molar-refractivity contribution in [1.82, 2.24) is 19.5 Å². The number of aromatic nitrogens is 4. The van der Waals surface area contributed by atoms with Crippen LogP contribution in [0.3, 0.4) is 0 Å². The van der Waals surface area contributed by atoms with Crippen LogP contribution in [-0.2, 0) is 6.54 Å². The van der Waals surface area contributed by atoms with E-state index in [1.165, 1.54) is 0 Å². The average Bonchev–Trinajstić information content (AvgIpc) is 2.79. The van der Waals surface area contributed by atoms with Crippen LogP contribution in [0.5, 0.6) is 11.5 Å². The smallest absolute Gasteiger partial charge is 0.260 e. The number of benzene rings is 1. The van der Waals surface area contributed by atoms with Gasteiger partial charge in [-0.3, -0.25) is 14.3 Å². The molecule has 0 fully saturated rings. The molecule has 0 atom stereocenters. The molecular weight excluding hydrogens is 418 g/mol. The number of pyridine rings is 2. The maximum Gasteiger partial charge on any atom is 0.260 e. The van der Waals surface area contributed by atoms with Crippen LogP contribution in [0.1, 0.15) is 6.92 Å². The second kappa shape index (κ2) is 9.44. The molecule has 4 rings (SSSR count). The highest BCUT2D eigenvalue weighted by molar-refractivity contribution is 5.85. The molecule has 9 heteroatoms. The van der Waals surface area contributed by atoms with E-state index in [2.05, 4.69) is 20.3 Å². The van der Waals surface area contributed by atoms with Crippen LogP contribution in [0.25, 0.3) is 22.2 Å². The van der Waals surface area contributed by atoms with E-state index in [4.69, 9.17) is 9.47 Å². The van der Waals surface area contributed by atoms with E-state index in [0.29, 0.717) is 40.8 Å². The third-order valence-corrected chi connectivity index (χ3v) is 4.74. The van der Waals surface area contributed by atoms with Crippen LogP contribution < -0.4 is 20.3 Å². The molecule has 8 nitrogen and oxygen atoms in total. The molecule has 0 saturated carbocycles. The summed E-state index contributed by atoms with van der Waals surface area (Å²) in [5.74, 6) is 1.63. The van der Waals surface area contributed by atoms with Crippen LogP contribution in [0.2, 0.25) is 0 Å². The Balaban J connectivity index is 0.00000272. The van der Waals surface area contributed by atoms with Crippen molar-refractivity contribution in [3.05, 3.63) is 65.3 Å². The Kier molecular flexibility index (Phi) is 6.71. The summed E-state index contributed by atoms with van der Waals surface area (Å²) in [5, 5.41) is 3.89. The van der Waals surface area contributed by atoms with Gasteiger partial charge in [0.05, 0.1) is 14.2 Å². The van der Waals surface area contributed by atoms with Gasteiger partial charge in [0.25, 0.3) is 5.56 Å². The van der Waals surface area contributed by atoms with Crippen molar-refractivity contribution in [3.63, 3.8) is 0 Å². The molecule has 0 amide bonds. The molecule has 3 aromatic heterocycles. The number of hydrogen-bond acceptors (Lipinski definition) is 7. The lowest BCUT2D eigenvalue weighted by Gasteiger charge is -2.13. The topological polar surface area (TPSA) is 91.2 Å². The summed E-state index contributed by atoms with van der Waals surface area (Å²) in [6.07, 6.45) is 5.07. The van der Waals surface area contributed by atoms with Crippen molar-refractivity contribution in [3.8, 4) is 22.6 Å². The second-order valence-electron chi connectivity index (χ2n) is 6.54. The molecule has 160 valence electrons. The Morgan fingerprint density at radius 1 is 1.03 bits per heavy atom. The summed E-state index contributed by atoms with van der Waals surface area (Å²) in [7, 11) is 3.16. The fraction of sp³-hybridized carbons (Fsp3) is 0.182. The standard InChI is InChI=1S/C22H21N5O3.ClH/c1-4-27-20-15(13-24-22(26-20)25-16-5-7-23-8-6-16)11-19(21(27)28)14-9-17(29-2)12-18(10-14)30-3;/h5-13H,4H2,1-3H3,(H,23,24,25,26);1H. The lowest BCUT2D eigenvalue weighted by atomic mass is 10.1. The maximum absolute atomic E-state index is 13.3. The van der Waals surface area contributed by atoms with Crippen LogP contribution >= 0.6 is 12.4 Å². The zero-order chi connectivity index (χ0) is 21.1. The van der Waals surface area contributed by atoms with E-state index in [1.54, 1.807) is 49.5 Å². The van der Waals surface area contributed by atoms with Gasteiger partial charge in [0, 0.05) is 47.8 Å². The number of anilines is 2. The molecular formula is C22H22ClN5O3. The van der Waals surface area contributed by atoms with E-state index < -0.39 is 0 Å². The lowest BCUT2D eigenvalue weighted by Crippen LogP contribution is -2.22. The maximum atomic E-state index is 13.3. The first-order chi connectivity index (χ1) is 14.6. The largest absolute Gasteiger partial charge is 0.497 e. The Labute approximate surface area is 185 Å². The highest BCUT2D eigenvalue weighted by Crippen LogP contribution is 2.29. The summed E-state index contributed by atoms with van der Waals surface area (Å²) in [6.45, 7) is 2.38. The van der Waals surface area contributed by atoms with Gasteiger partial charge < -0.3 is 14.8 Å². The Hall–Kier alpha value is -3.65. The van der Waals surface area contributed by atoms with Gasteiger partial charge in [-0.1, -0.05) is 0 Å². The number of hydrogen-bond donors (Lipinski definition) is 1. The van der Waals surface area contributed by atoms with Gasteiger partial charge in [-0.15, -0.1) is 12.4 Å². The number of nitrogens with zero attached hydrogens (tertiary/aromatic N) is 4. The first kappa shape index (κ1) is 22.0. The monoisotopic (exact) mass is 439 g/mol. The van der Waals surface area contributed by atoms with Crippen LogP contribution in [-0.4, -0.2) is 33.7 Å². The van der Waals surface area contributed by atoms with Gasteiger partial charge in [-0.25, -0.2) is 4.98 Å². The van der Waals surface area contributed by atoms with Gasteiger partial charge >= 0.3 is 0 Å². The fourth-order valence-electron chi connectivity index (χ4n) is 3.25. The summed E-state index contributed by atoms with van der Waals surface area (Å²) in [5.41, 5.74) is 2.47. The number of ether oxygens (including phenoxy) is 2. The van der Waals surface area contributed by atoms with Gasteiger partial charge in [0.1, 0.15) is 17.1 Å². The molecule has 0 radical (unpaired) electrons. The van der Waals surface area contributed by atoms with Crippen LogP contribution in [0, 0.1) is 0 Å². The first-order valence-electron chi connectivity index (χ1n) is 9.44. The van der Waals surface area contributed by atoms with E-state index in [9.17, 15) is 4.79 Å². The predicted octanol–water partition coefficient (Wildman–Crippen LogP) is 4.06. The van der Waals surface area contributed by atoms with Gasteiger partial charge in [0.15, 0.2) is 0 Å². The van der Waals surface area contributed by atoms with Crippen LogP contribution in [0.4, 0.5) is 11.6 Å². The minimum Gasteiger partial charge on any atom is -0.497 e. The number of aryl methyl sites for hydroxylation is 1. The number of halogens is 1. The fourth-order valence-corrected chi connectivity index (χ4v) is 3.25. The molecule has 1 N–H and O–H groups in total. The third-order valence-electron chi connectivity index (χ3n) is 4.74. The third kappa shape index (κ3) is 4.44. The average molecular weight is 440 g/mol. The van der Waals surface area contributed by atoms with Crippen molar-refractivity contribution in [2.45, 2.75) is 13.5 Å². The molecule has 0 aliphatic rings. The SMILES string of the molecule is CCn1c(=O)c(-c2cc(OC)cc(OC)c2)cc2cnc(Nc3ccncc3)nc21.Cl. The van der Waals surface area contributed by atoms with Crippen molar-refractivity contribution >= 4 is 35.1 Å². The molecule has 4 aromatic rings. The summed E-state index contributed by atoms with van der Waals surface area (Å²) in [6, 6.07) is 10.8. The van der Waals surface area contributed by atoms with E-state index in [1.807, 2.05) is 31.2 Å². The highest BCUT2D eigenvalue weighted by atomic mass is 35.5. The molecule has 0 bridgehead atoms.